The zero-order chi connectivity index (χ0) is 25.4. The maximum absolute atomic E-state index is 12.7. The Morgan fingerprint density at radius 2 is 1.80 bits per heavy atom. The highest BCUT2D eigenvalue weighted by Gasteiger charge is 2.18. The number of esters is 1. The first-order valence-corrected chi connectivity index (χ1v) is 12.2. The van der Waals surface area contributed by atoms with Crippen molar-refractivity contribution < 1.29 is 23.8 Å². The van der Waals surface area contributed by atoms with Crippen LogP contribution >= 0.6 is 38.5 Å². The van der Waals surface area contributed by atoms with Crippen molar-refractivity contribution in [1.82, 2.24) is 0 Å². The second-order valence-corrected chi connectivity index (χ2v) is 9.09. The number of methoxy groups -OCH3 is 1. The van der Waals surface area contributed by atoms with Gasteiger partial charge in [0.2, 0.25) is 0 Å². The number of anilines is 1. The van der Waals surface area contributed by atoms with Gasteiger partial charge in [0.15, 0.2) is 11.5 Å². The third kappa shape index (κ3) is 7.07. The van der Waals surface area contributed by atoms with Gasteiger partial charge in [-0.25, -0.2) is 4.79 Å². The fourth-order valence-corrected chi connectivity index (χ4v) is 3.96. The molecule has 0 aromatic heterocycles. The van der Waals surface area contributed by atoms with Crippen LogP contribution in [0.3, 0.4) is 0 Å². The second-order valence-electron chi connectivity index (χ2n) is 7.01. The van der Waals surface area contributed by atoms with Crippen LogP contribution in [0.4, 0.5) is 5.69 Å². The van der Waals surface area contributed by atoms with Crippen molar-refractivity contribution in [2.75, 3.05) is 19.0 Å². The van der Waals surface area contributed by atoms with Crippen molar-refractivity contribution in [2.45, 2.75) is 6.92 Å². The number of ether oxygens (including phenoxy) is 3. The van der Waals surface area contributed by atoms with Gasteiger partial charge in [0.25, 0.3) is 5.91 Å². The molecule has 0 aliphatic rings. The van der Waals surface area contributed by atoms with Crippen LogP contribution in [-0.2, 0) is 4.79 Å². The van der Waals surface area contributed by atoms with Crippen molar-refractivity contribution in [3.63, 3.8) is 0 Å². The third-order valence-corrected chi connectivity index (χ3v) is 5.96. The second kappa shape index (κ2) is 12.4. The number of carbonyl (C=O) groups excluding carboxylic acids is 2. The quantitative estimate of drug-likeness (QED) is 0.103. The Balaban J connectivity index is 1.86. The molecule has 7 nitrogen and oxygen atoms in total. The number of rotatable bonds is 8. The summed E-state index contributed by atoms with van der Waals surface area (Å²) in [5.74, 6) is 0.0975. The summed E-state index contributed by atoms with van der Waals surface area (Å²) in [6, 6.07) is 18.8. The fourth-order valence-electron chi connectivity index (χ4n) is 2.96. The van der Waals surface area contributed by atoms with Gasteiger partial charge in [-0.05, 0) is 102 Å². The highest BCUT2D eigenvalue weighted by Crippen LogP contribution is 2.35. The Morgan fingerprint density at radius 3 is 2.40 bits per heavy atom. The minimum Gasteiger partial charge on any atom is -0.497 e. The van der Waals surface area contributed by atoms with E-state index >= 15 is 0 Å². The van der Waals surface area contributed by atoms with Gasteiger partial charge in [0.1, 0.15) is 17.4 Å². The molecular weight excluding hydrogens is 627 g/mol. The molecule has 0 saturated heterocycles. The summed E-state index contributed by atoms with van der Waals surface area (Å²) in [5, 5.41) is 12.3. The summed E-state index contributed by atoms with van der Waals surface area (Å²) in [6.45, 7) is 2.13. The van der Waals surface area contributed by atoms with Crippen molar-refractivity contribution in [1.29, 1.82) is 5.26 Å². The van der Waals surface area contributed by atoms with Crippen LogP contribution in [0.5, 0.6) is 17.2 Å². The molecule has 0 unspecified atom stereocenters. The number of amides is 1. The number of nitriles is 1. The van der Waals surface area contributed by atoms with Gasteiger partial charge in [-0.1, -0.05) is 15.9 Å². The summed E-state index contributed by atoms with van der Waals surface area (Å²) in [7, 11) is 1.54. The molecule has 3 rings (SSSR count). The first kappa shape index (κ1) is 26.2. The molecule has 0 spiro atoms. The molecule has 178 valence electrons. The Bertz CT molecular complexity index is 1300. The maximum atomic E-state index is 12.7. The maximum Gasteiger partial charge on any atom is 0.343 e. The molecule has 0 heterocycles. The van der Waals surface area contributed by atoms with Crippen LogP contribution < -0.4 is 19.5 Å². The Labute approximate surface area is 225 Å². The number of benzene rings is 3. The smallest absolute Gasteiger partial charge is 0.343 e. The van der Waals surface area contributed by atoms with E-state index in [-0.39, 0.29) is 11.3 Å². The lowest BCUT2D eigenvalue weighted by molar-refractivity contribution is -0.112. The number of nitrogens with one attached hydrogen (secondary N) is 1. The molecule has 0 radical (unpaired) electrons. The molecule has 1 N–H and O–H groups in total. The lowest BCUT2D eigenvalue weighted by Gasteiger charge is -2.14. The van der Waals surface area contributed by atoms with E-state index in [1.807, 2.05) is 28.7 Å². The van der Waals surface area contributed by atoms with Gasteiger partial charge in [-0.2, -0.15) is 5.26 Å². The van der Waals surface area contributed by atoms with Gasteiger partial charge in [-0.15, -0.1) is 0 Å². The number of hydrogen-bond donors (Lipinski definition) is 1. The van der Waals surface area contributed by atoms with E-state index in [0.717, 1.165) is 4.47 Å². The molecule has 0 aliphatic heterocycles. The molecule has 9 heteroatoms. The highest BCUT2D eigenvalue weighted by molar-refractivity contribution is 14.1. The Hall–Kier alpha value is -3.36. The van der Waals surface area contributed by atoms with E-state index in [1.165, 1.54) is 6.08 Å². The minimum absolute atomic E-state index is 0.0888. The molecule has 0 atom stereocenters. The van der Waals surface area contributed by atoms with Crippen LogP contribution in [0.25, 0.3) is 6.08 Å². The molecule has 35 heavy (non-hydrogen) atoms. The average Bonchev–Trinajstić information content (AvgIpc) is 2.86. The van der Waals surface area contributed by atoms with Gasteiger partial charge in [0, 0.05) is 10.2 Å². The van der Waals surface area contributed by atoms with Crippen molar-refractivity contribution in [3.8, 4) is 23.3 Å². The molecular formula is C26H20BrIN2O5. The summed E-state index contributed by atoms with van der Waals surface area (Å²) in [4.78, 5) is 25.3. The predicted octanol–water partition coefficient (Wildman–Crippen LogP) is 6.23. The number of nitrogens with zero attached hydrogens (tertiary/aromatic N) is 1. The molecule has 3 aromatic rings. The lowest BCUT2D eigenvalue weighted by atomic mass is 10.1. The molecule has 0 aliphatic carbocycles. The number of carbonyl (C=O) groups is 2. The average molecular weight is 647 g/mol. The summed E-state index contributed by atoms with van der Waals surface area (Å²) < 4.78 is 17.9. The van der Waals surface area contributed by atoms with E-state index in [9.17, 15) is 14.9 Å². The summed E-state index contributed by atoms with van der Waals surface area (Å²) in [5.41, 5.74) is 1.37. The molecule has 3 aromatic carbocycles. The Morgan fingerprint density at radius 1 is 1.11 bits per heavy atom. The first-order valence-electron chi connectivity index (χ1n) is 10.4. The third-order valence-electron chi connectivity index (χ3n) is 4.63. The first-order chi connectivity index (χ1) is 16.8. The van der Waals surface area contributed by atoms with E-state index in [1.54, 1.807) is 74.7 Å². The number of hydrogen-bond acceptors (Lipinski definition) is 6. The zero-order valence-electron chi connectivity index (χ0n) is 18.8. The van der Waals surface area contributed by atoms with Crippen LogP contribution in [0.2, 0.25) is 0 Å². The fraction of sp³-hybridized carbons (Fsp3) is 0.115. The van der Waals surface area contributed by atoms with Crippen molar-refractivity contribution in [3.05, 3.63) is 85.4 Å². The largest absolute Gasteiger partial charge is 0.497 e. The Kier molecular flexibility index (Phi) is 9.28. The van der Waals surface area contributed by atoms with Crippen LogP contribution in [-0.4, -0.2) is 25.6 Å². The highest BCUT2D eigenvalue weighted by atomic mass is 127. The normalized spacial score (nSPS) is 10.8. The molecule has 0 fully saturated rings. The zero-order valence-corrected chi connectivity index (χ0v) is 22.5. The topological polar surface area (TPSA) is 97.6 Å². The van der Waals surface area contributed by atoms with E-state index in [4.69, 9.17) is 14.2 Å². The summed E-state index contributed by atoms with van der Waals surface area (Å²) in [6.07, 6.45) is 1.45. The van der Waals surface area contributed by atoms with Gasteiger partial charge in [0.05, 0.1) is 22.9 Å². The lowest BCUT2D eigenvalue weighted by Crippen LogP contribution is -2.13. The van der Waals surface area contributed by atoms with E-state index < -0.39 is 11.9 Å². The van der Waals surface area contributed by atoms with Crippen LogP contribution in [0, 0.1) is 14.9 Å². The SMILES string of the molecule is CCOc1cc(/C=C(\C#N)C(=O)Nc2ccc(Br)cc2)cc(I)c1OC(=O)c1ccc(OC)cc1. The van der Waals surface area contributed by atoms with Gasteiger partial charge >= 0.3 is 5.97 Å². The van der Waals surface area contributed by atoms with Crippen LogP contribution in [0.1, 0.15) is 22.8 Å². The number of halogens is 2. The van der Waals surface area contributed by atoms with Gasteiger partial charge < -0.3 is 19.5 Å². The predicted molar refractivity (Wildman–Crippen MR) is 145 cm³/mol. The van der Waals surface area contributed by atoms with Crippen LogP contribution in [0.15, 0.2) is 70.7 Å². The van der Waals surface area contributed by atoms with Crippen molar-refractivity contribution >= 4 is 62.2 Å². The minimum atomic E-state index is -0.554. The standard InChI is InChI=1S/C26H20BrIN2O5/c1-3-34-23-14-16(12-18(15-29)25(31)30-20-8-6-19(27)7-9-20)13-22(28)24(23)35-26(32)17-4-10-21(33-2)11-5-17/h4-14H,3H2,1-2H3,(H,30,31)/b18-12+. The van der Waals surface area contributed by atoms with Gasteiger partial charge in [-0.3, -0.25) is 4.79 Å². The van der Waals surface area contributed by atoms with E-state index in [2.05, 4.69) is 21.2 Å². The molecule has 0 bridgehead atoms. The van der Waals surface area contributed by atoms with E-state index in [0.29, 0.717) is 38.5 Å². The monoisotopic (exact) mass is 646 g/mol. The summed E-state index contributed by atoms with van der Waals surface area (Å²) >= 11 is 5.36. The molecule has 1 amide bonds. The van der Waals surface area contributed by atoms with Crippen molar-refractivity contribution in [2.24, 2.45) is 0 Å². The molecule has 0 saturated carbocycles.